The molecule has 0 radical (unpaired) electrons. The third-order valence-corrected chi connectivity index (χ3v) is 5.57. The van der Waals surface area contributed by atoms with Crippen LogP contribution in [0.15, 0.2) is 59.8 Å². The Morgan fingerprint density at radius 2 is 1.73 bits per heavy atom. The molecule has 0 amide bonds. The molecule has 1 saturated heterocycles. The van der Waals surface area contributed by atoms with Gasteiger partial charge in [-0.2, -0.15) is 0 Å². The predicted molar refractivity (Wildman–Crippen MR) is 98.7 cm³/mol. The molecule has 1 fully saturated rings. The summed E-state index contributed by atoms with van der Waals surface area (Å²) >= 11 is 1.54. The van der Waals surface area contributed by atoms with Gasteiger partial charge in [-0.15, -0.1) is 0 Å². The maximum Gasteiger partial charge on any atom is 0.171 e. The Morgan fingerprint density at radius 3 is 2.46 bits per heavy atom. The molecule has 1 aromatic heterocycles. The summed E-state index contributed by atoms with van der Waals surface area (Å²) in [6.45, 7) is -0.353. The second-order valence-electron chi connectivity index (χ2n) is 6.26. The van der Waals surface area contributed by atoms with Crippen LogP contribution in [0.4, 0.5) is 0 Å². The lowest BCUT2D eigenvalue weighted by Gasteiger charge is -2.19. The van der Waals surface area contributed by atoms with E-state index >= 15 is 0 Å². The van der Waals surface area contributed by atoms with Crippen molar-refractivity contribution in [3.63, 3.8) is 0 Å². The summed E-state index contributed by atoms with van der Waals surface area (Å²) in [7, 11) is 0. The number of hydrogen-bond acceptors (Lipinski definition) is 6. The van der Waals surface area contributed by atoms with Crippen molar-refractivity contribution in [1.82, 2.24) is 9.55 Å². The van der Waals surface area contributed by atoms with E-state index in [0.717, 1.165) is 22.3 Å². The molecular formula is C19H20N2O4S. The molecule has 136 valence electrons. The fourth-order valence-electron chi connectivity index (χ4n) is 3.19. The first-order valence-corrected chi connectivity index (χ1v) is 9.43. The highest BCUT2D eigenvalue weighted by molar-refractivity contribution is 7.98. The summed E-state index contributed by atoms with van der Waals surface area (Å²) < 4.78 is 7.55. The normalized spacial score (nSPS) is 25.8. The molecule has 0 unspecified atom stereocenters. The first kappa shape index (κ1) is 17.5. The molecule has 3 aromatic rings. The Bertz CT molecular complexity index is 886. The van der Waals surface area contributed by atoms with E-state index in [-0.39, 0.29) is 6.61 Å². The zero-order chi connectivity index (χ0) is 18.1. The number of hydrogen-bond donors (Lipinski definition) is 3. The van der Waals surface area contributed by atoms with E-state index in [0.29, 0.717) is 5.16 Å². The van der Waals surface area contributed by atoms with Crippen LogP contribution in [0.2, 0.25) is 0 Å². The van der Waals surface area contributed by atoms with Gasteiger partial charge < -0.3 is 20.1 Å². The molecule has 0 spiro atoms. The first-order valence-electron chi connectivity index (χ1n) is 8.45. The number of para-hydroxylation sites is 2. The van der Waals surface area contributed by atoms with Gasteiger partial charge in [0.25, 0.3) is 0 Å². The number of fused-ring (bicyclic) bond motifs is 1. The molecule has 4 rings (SSSR count). The van der Waals surface area contributed by atoms with E-state index in [1.165, 1.54) is 0 Å². The van der Waals surface area contributed by atoms with Crippen LogP contribution in [0.3, 0.4) is 0 Å². The second-order valence-corrected chi connectivity index (χ2v) is 7.20. The van der Waals surface area contributed by atoms with E-state index in [1.807, 2.05) is 59.2 Å². The van der Waals surface area contributed by atoms with Gasteiger partial charge in [-0.1, -0.05) is 54.2 Å². The Balaban J connectivity index is 1.70. The van der Waals surface area contributed by atoms with E-state index < -0.39 is 24.5 Å². The molecular weight excluding hydrogens is 352 g/mol. The Hall–Kier alpha value is -1.90. The fraction of sp³-hybridized carbons (Fsp3) is 0.316. The molecule has 0 bridgehead atoms. The highest BCUT2D eigenvalue weighted by Gasteiger charge is 2.44. The van der Waals surface area contributed by atoms with Crippen molar-refractivity contribution < 1.29 is 20.1 Å². The van der Waals surface area contributed by atoms with Gasteiger partial charge in [-0.05, 0) is 17.7 Å². The van der Waals surface area contributed by atoms with E-state index in [1.54, 1.807) is 11.8 Å². The molecule has 2 aromatic carbocycles. The highest BCUT2D eigenvalue weighted by atomic mass is 32.2. The maximum atomic E-state index is 10.5. The summed E-state index contributed by atoms with van der Waals surface area (Å²) in [6, 6.07) is 17.7. The van der Waals surface area contributed by atoms with Crippen molar-refractivity contribution in [2.75, 3.05) is 6.61 Å². The fourth-order valence-corrected chi connectivity index (χ4v) is 4.18. The third kappa shape index (κ3) is 3.13. The second kappa shape index (κ2) is 7.38. The molecule has 2 heterocycles. The molecule has 1 aliphatic heterocycles. The van der Waals surface area contributed by atoms with Crippen molar-refractivity contribution in [1.29, 1.82) is 0 Å². The van der Waals surface area contributed by atoms with Crippen molar-refractivity contribution >= 4 is 22.8 Å². The monoisotopic (exact) mass is 372 g/mol. The number of imidazole rings is 1. The molecule has 6 nitrogen and oxygen atoms in total. The zero-order valence-electron chi connectivity index (χ0n) is 14.0. The van der Waals surface area contributed by atoms with Gasteiger partial charge in [0, 0.05) is 5.75 Å². The van der Waals surface area contributed by atoms with E-state index in [9.17, 15) is 15.3 Å². The number of thioether (sulfide) groups is 1. The number of rotatable bonds is 5. The number of aromatic nitrogens is 2. The van der Waals surface area contributed by atoms with Gasteiger partial charge >= 0.3 is 0 Å². The first-order chi connectivity index (χ1) is 12.7. The number of aliphatic hydroxyl groups is 3. The summed E-state index contributed by atoms with van der Waals surface area (Å²) in [5, 5.41) is 30.7. The Morgan fingerprint density at radius 1 is 1.00 bits per heavy atom. The van der Waals surface area contributed by atoms with Crippen LogP contribution in [-0.2, 0) is 10.5 Å². The molecule has 0 aliphatic carbocycles. The van der Waals surface area contributed by atoms with Crippen LogP contribution < -0.4 is 0 Å². The smallest absolute Gasteiger partial charge is 0.171 e. The summed E-state index contributed by atoms with van der Waals surface area (Å²) in [6.07, 6.45) is -3.89. The van der Waals surface area contributed by atoms with Crippen LogP contribution in [0, 0.1) is 0 Å². The average molecular weight is 372 g/mol. The summed E-state index contributed by atoms with van der Waals surface area (Å²) in [4.78, 5) is 4.67. The van der Waals surface area contributed by atoms with Gasteiger partial charge in [-0.25, -0.2) is 4.98 Å². The van der Waals surface area contributed by atoms with Crippen molar-refractivity contribution in [2.24, 2.45) is 0 Å². The Kier molecular flexibility index (Phi) is 4.97. The van der Waals surface area contributed by atoms with Gasteiger partial charge in [0.05, 0.1) is 17.6 Å². The third-order valence-electron chi connectivity index (χ3n) is 4.55. The highest BCUT2D eigenvalue weighted by Crippen LogP contribution is 2.36. The largest absolute Gasteiger partial charge is 0.394 e. The summed E-state index contributed by atoms with van der Waals surface area (Å²) in [5.74, 6) is 0.721. The van der Waals surface area contributed by atoms with Gasteiger partial charge in [0.15, 0.2) is 11.4 Å². The van der Waals surface area contributed by atoms with Crippen molar-refractivity contribution in [3.8, 4) is 0 Å². The molecule has 7 heteroatoms. The van der Waals surface area contributed by atoms with Crippen LogP contribution in [-0.4, -0.2) is 49.8 Å². The minimum absolute atomic E-state index is 0.353. The van der Waals surface area contributed by atoms with Crippen molar-refractivity contribution in [3.05, 3.63) is 60.2 Å². The molecule has 0 saturated carbocycles. The number of aliphatic hydroxyl groups excluding tert-OH is 3. The maximum absolute atomic E-state index is 10.5. The quantitative estimate of drug-likeness (QED) is 0.594. The Labute approximate surface area is 155 Å². The zero-order valence-corrected chi connectivity index (χ0v) is 14.8. The minimum atomic E-state index is -1.14. The van der Waals surface area contributed by atoms with Crippen LogP contribution in [0.1, 0.15) is 11.8 Å². The SMILES string of the molecule is OC[C@@H]1O[C@H](n2c(SCc3ccccc3)nc3ccccc32)[C@H](O)[C@@H]1O. The minimum Gasteiger partial charge on any atom is -0.394 e. The lowest BCUT2D eigenvalue weighted by molar-refractivity contribution is -0.0546. The molecule has 26 heavy (non-hydrogen) atoms. The van der Waals surface area contributed by atoms with Gasteiger partial charge in [0.1, 0.15) is 18.3 Å². The van der Waals surface area contributed by atoms with Crippen molar-refractivity contribution in [2.45, 2.75) is 35.4 Å². The number of ether oxygens (including phenoxy) is 1. The molecule has 4 atom stereocenters. The summed E-state index contributed by atoms with van der Waals surface area (Å²) in [5.41, 5.74) is 2.77. The predicted octanol–water partition coefficient (Wildman–Crippen LogP) is 1.94. The topological polar surface area (TPSA) is 87.7 Å². The van der Waals surface area contributed by atoms with Crippen LogP contribution in [0.5, 0.6) is 0 Å². The van der Waals surface area contributed by atoms with E-state index in [2.05, 4.69) is 4.98 Å². The standard InChI is InChI=1S/C19H20N2O4S/c22-10-15-16(23)17(24)18(25-15)21-14-9-5-4-8-13(14)20-19(21)26-11-12-6-2-1-3-7-12/h1-9,15-18,22-24H,10-11H2/t15-,16+,17+,18-/m0/s1. The lowest BCUT2D eigenvalue weighted by Crippen LogP contribution is -2.33. The molecule has 3 N–H and O–H groups in total. The van der Waals surface area contributed by atoms with Crippen LogP contribution >= 0.6 is 11.8 Å². The number of benzene rings is 2. The van der Waals surface area contributed by atoms with Crippen LogP contribution in [0.25, 0.3) is 11.0 Å². The number of nitrogens with zero attached hydrogens (tertiary/aromatic N) is 2. The molecule has 1 aliphatic rings. The van der Waals surface area contributed by atoms with E-state index in [4.69, 9.17) is 4.74 Å². The van der Waals surface area contributed by atoms with Gasteiger partial charge in [-0.3, -0.25) is 4.57 Å². The van der Waals surface area contributed by atoms with Gasteiger partial charge in [0.2, 0.25) is 0 Å². The lowest BCUT2D eigenvalue weighted by atomic mass is 10.1. The average Bonchev–Trinajstić information content (AvgIpc) is 3.18.